The van der Waals surface area contributed by atoms with E-state index in [1.807, 2.05) is 18.2 Å². The number of hydrogen-bond donors (Lipinski definition) is 2. The van der Waals surface area contributed by atoms with Gasteiger partial charge in [0.05, 0.1) is 14.2 Å². The smallest absolute Gasteiger partial charge is 0.127 e. The van der Waals surface area contributed by atoms with E-state index >= 15 is 0 Å². The minimum Gasteiger partial charge on any atom is -0.496 e. The largest absolute Gasteiger partial charge is 0.496 e. The van der Waals surface area contributed by atoms with Gasteiger partial charge >= 0.3 is 0 Å². The molecule has 0 aromatic heterocycles. The van der Waals surface area contributed by atoms with Gasteiger partial charge < -0.3 is 20.1 Å². The van der Waals surface area contributed by atoms with Gasteiger partial charge in [0.1, 0.15) is 11.5 Å². The van der Waals surface area contributed by atoms with Crippen LogP contribution in [0, 0.1) is 5.92 Å². The van der Waals surface area contributed by atoms with Gasteiger partial charge in [0.2, 0.25) is 0 Å². The van der Waals surface area contributed by atoms with Crippen LogP contribution in [0.3, 0.4) is 0 Å². The molecule has 20 heavy (non-hydrogen) atoms. The van der Waals surface area contributed by atoms with Gasteiger partial charge in [-0.3, -0.25) is 0 Å². The van der Waals surface area contributed by atoms with Crippen LogP contribution in [0.15, 0.2) is 18.2 Å². The third-order valence-electron chi connectivity index (χ3n) is 3.09. The maximum absolute atomic E-state index is 5.38. The van der Waals surface area contributed by atoms with Gasteiger partial charge in [0, 0.05) is 12.1 Å². The maximum atomic E-state index is 5.38. The van der Waals surface area contributed by atoms with Crippen molar-refractivity contribution in [3.63, 3.8) is 0 Å². The van der Waals surface area contributed by atoms with Gasteiger partial charge in [0.25, 0.3) is 0 Å². The van der Waals surface area contributed by atoms with Crippen molar-refractivity contribution < 1.29 is 9.47 Å². The minimum absolute atomic E-state index is 0.709. The Labute approximate surface area is 122 Å². The van der Waals surface area contributed by atoms with E-state index in [1.54, 1.807) is 14.2 Å². The second kappa shape index (κ2) is 9.61. The number of ether oxygens (including phenoxy) is 2. The summed E-state index contributed by atoms with van der Waals surface area (Å²) >= 11 is 0. The first-order valence-electron chi connectivity index (χ1n) is 7.30. The molecule has 0 heterocycles. The highest BCUT2D eigenvalue weighted by molar-refractivity contribution is 5.44. The van der Waals surface area contributed by atoms with E-state index in [0.29, 0.717) is 5.92 Å². The Hall–Kier alpha value is -1.26. The van der Waals surface area contributed by atoms with E-state index in [2.05, 4.69) is 24.5 Å². The Balaban J connectivity index is 2.31. The first-order valence-corrected chi connectivity index (χ1v) is 7.30. The highest BCUT2D eigenvalue weighted by Gasteiger charge is 2.08. The molecule has 0 bridgehead atoms. The Bertz CT molecular complexity index is 358. The topological polar surface area (TPSA) is 42.5 Å². The van der Waals surface area contributed by atoms with Crippen molar-refractivity contribution >= 4 is 0 Å². The van der Waals surface area contributed by atoms with E-state index in [-0.39, 0.29) is 0 Å². The Kier molecular flexibility index (Phi) is 8.07. The monoisotopic (exact) mass is 280 g/mol. The lowest BCUT2D eigenvalue weighted by molar-refractivity contribution is 0.382. The Morgan fingerprint density at radius 1 is 1.00 bits per heavy atom. The van der Waals surface area contributed by atoms with Crippen molar-refractivity contribution in [2.75, 3.05) is 33.9 Å². The van der Waals surface area contributed by atoms with E-state index in [4.69, 9.17) is 9.47 Å². The van der Waals surface area contributed by atoms with Gasteiger partial charge in [-0.25, -0.2) is 0 Å². The van der Waals surface area contributed by atoms with Crippen molar-refractivity contribution in [2.24, 2.45) is 5.92 Å². The van der Waals surface area contributed by atoms with Crippen LogP contribution in [-0.4, -0.2) is 33.9 Å². The maximum Gasteiger partial charge on any atom is 0.127 e. The first-order chi connectivity index (χ1) is 9.69. The predicted octanol–water partition coefficient (Wildman–Crippen LogP) is 2.43. The summed E-state index contributed by atoms with van der Waals surface area (Å²) in [6.07, 6.45) is 1.12. The van der Waals surface area contributed by atoms with E-state index < -0.39 is 0 Å². The molecule has 0 unspecified atom stereocenters. The molecule has 0 aliphatic carbocycles. The summed E-state index contributed by atoms with van der Waals surface area (Å²) in [6.45, 7) is 8.32. The summed E-state index contributed by atoms with van der Waals surface area (Å²) in [4.78, 5) is 0. The fourth-order valence-corrected chi connectivity index (χ4v) is 2.04. The lowest BCUT2D eigenvalue weighted by Crippen LogP contribution is -2.24. The molecule has 0 radical (unpaired) electrons. The second-order valence-electron chi connectivity index (χ2n) is 5.27. The van der Waals surface area contributed by atoms with E-state index in [0.717, 1.165) is 49.7 Å². The van der Waals surface area contributed by atoms with Gasteiger partial charge in [-0.15, -0.1) is 0 Å². The molecule has 1 aromatic rings. The summed E-state index contributed by atoms with van der Waals surface area (Å²) in [5.74, 6) is 2.45. The van der Waals surface area contributed by atoms with Crippen molar-refractivity contribution in [3.05, 3.63) is 23.8 Å². The molecule has 0 atom stereocenters. The van der Waals surface area contributed by atoms with Crippen LogP contribution in [0.5, 0.6) is 11.5 Å². The number of benzene rings is 1. The van der Waals surface area contributed by atoms with Crippen LogP contribution >= 0.6 is 0 Å². The zero-order valence-corrected chi connectivity index (χ0v) is 13.2. The molecular weight excluding hydrogens is 252 g/mol. The van der Waals surface area contributed by atoms with Crippen molar-refractivity contribution in [2.45, 2.75) is 26.8 Å². The van der Waals surface area contributed by atoms with Crippen LogP contribution in [0.4, 0.5) is 0 Å². The summed E-state index contributed by atoms with van der Waals surface area (Å²) < 4.78 is 10.8. The zero-order chi connectivity index (χ0) is 14.8. The molecule has 0 aliphatic heterocycles. The average Bonchev–Trinajstić information content (AvgIpc) is 2.45. The minimum atomic E-state index is 0.709. The standard InChI is InChI=1S/C16H28N2O2/c1-13(2)11-17-9-6-10-18-12-14-15(19-3)7-5-8-16(14)20-4/h5,7-8,13,17-18H,6,9-12H2,1-4H3. The average molecular weight is 280 g/mol. The normalized spacial score (nSPS) is 10.8. The fraction of sp³-hybridized carbons (Fsp3) is 0.625. The van der Waals surface area contributed by atoms with Crippen molar-refractivity contribution in [1.29, 1.82) is 0 Å². The van der Waals surface area contributed by atoms with Crippen LogP contribution in [-0.2, 0) is 6.54 Å². The Morgan fingerprint density at radius 3 is 2.15 bits per heavy atom. The van der Waals surface area contributed by atoms with Gasteiger partial charge in [-0.05, 0) is 44.1 Å². The summed E-state index contributed by atoms with van der Waals surface area (Å²) in [6, 6.07) is 5.87. The number of rotatable bonds is 10. The molecule has 1 rings (SSSR count). The molecule has 2 N–H and O–H groups in total. The second-order valence-corrected chi connectivity index (χ2v) is 5.27. The van der Waals surface area contributed by atoms with Gasteiger partial charge in [-0.2, -0.15) is 0 Å². The first kappa shape index (κ1) is 16.8. The van der Waals surface area contributed by atoms with Crippen LogP contribution in [0.1, 0.15) is 25.8 Å². The number of nitrogens with one attached hydrogen (secondary N) is 2. The molecule has 0 amide bonds. The molecule has 0 saturated carbocycles. The highest BCUT2D eigenvalue weighted by atomic mass is 16.5. The lowest BCUT2D eigenvalue weighted by atomic mass is 10.1. The predicted molar refractivity (Wildman–Crippen MR) is 83.6 cm³/mol. The van der Waals surface area contributed by atoms with E-state index in [9.17, 15) is 0 Å². The van der Waals surface area contributed by atoms with Gasteiger partial charge in [-0.1, -0.05) is 19.9 Å². The summed E-state index contributed by atoms with van der Waals surface area (Å²) in [7, 11) is 3.38. The number of methoxy groups -OCH3 is 2. The molecule has 0 spiro atoms. The molecule has 0 saturated heterocycles. The van der Waals surface area contributed by atoms with Crippen LogP contribution in [0.25, 0.3) is 0 Å². The van der Waals surface area contributed by atoms with Gasteiger partial charge in [0.15, 0.2) is 0 Å². The third kappa shape index (κ3) is 5.80. The van der Waals surface area contributed by atoms with Crippen molar-refractivity contribution in [1.82, 2.24) is 10.6 Å². The Morgan fingerprint density at radius 2 is 1.60 bits per heavy atom. The molecule has 0 aliphatic rings. The molecule has 4 nitrogen and oxygen atoms in total. The molecule has 114 valence electrons. The quantitative estimate of drug-likeness (QED) is 0.646. The third-order valence-corrected chi connectivity index (χ3v) is 3.09. The van der Waals surface area contributed by atoms with Crippen LogP contribution < -0.4 is 20.1 Å². The molecule has 4 heteroatoms. The molecule has 0 fully saturated rings. The summed E-state index contributed by atoms with van der Waals surface area (Å²) in [5, 5.41) is 6.88. The molecular formula is C16H28N2O2. The van der Waals surface area contributed by atoms with Crippen LogP contribution in [0.2, 0.25) is 0 Å². The van der Waals surface area contributed by atoms with E-state index in [1.165, 1.54) is 0 Å². The highest BCUT2D eigenvalue weighted by Crippen LogP contribution is 2.27. The SMILES string of the molecule is COc1cccc(OC)c1CNCCCNCC(C)C. The number of hydrogen-bond acceptors (Lipinski definition) is 4. The summed E-state index contributed by atoms with van der Waals surface area (Å²) in [5.41, 5.74) is 1.08. The van der Waals surface area contributed by atoms with Crippen molar-refractivity contribution in [3.8, 4) is 11.5 Å². The zero-order valence-electron chi connectivity index (χ0n) is 13.2. The lowest BCUT2D eigenvalue weighted by Gasteiger charge is -2.14. The molecule has 1 aromatic carbocycles. The fourth-order valence-electron chi connectivity index (χ4n) is 2.04.